The Morgan fingerprint density at radius 3 is 2.74 bits per heavy atom. The Morgan fingerprint density at radius 2 is 2.05 bits per heavy atom. The fourth-order valence-corrected chi connectivity index (χ4v) is 1.98. The number of hydrazine groups is 1. The summed E-state index contributed by atoms with van der Waals surface area (Å²) < 4.78 is 1.81. The van der Waals surface area contributed by atoms with E-state index in [0.29, 0.717) is 5.82 Å². The molecule has 3 rings (SSSR count). The Hall–Kier alpha value is -2.51. The fourth-order valence-electron chi connectivity index (χ4n) is 1.98. The van der Waals surface area contributed by atoms with Crippen LogP contribution in [0.15, 0.2) is 48.9 Å². The highest BCUT2D eigenvalue weighted by Crippen LogP contribution is 2.20. The van der Waals surface area contributed by atoms with Crippen LogP contribution in [0.2, 0.25) is 0 Å². The van der Waals surface area contributed by atoms with Crippen molar-refractivity contribution in [2.24, 2.45) is 5.84 Å². The number of nitrogens with zero attached hydrogens (tertiary/aromatic N) is 4. The van der Waals surface area contributed by atoms with E-state index < -0.39 is 0 Å². The lowest BCUT2D eigenvalue weighted by molar-refractivity contribution is 0.570. The Kier molecular flexibility index (Phi) is 3.05. The van der Waals surface area contributed by atoms with E-state index in [2.05, 4.69) is 25.7 Å². The molecule has 2 heterocycles. The van der Waals surface area contributed by atoms with Crippen molar-refractivity contribution in [3.8, 4) is 5.69 Å². The SMILES string of the molecule is NNC(c1ncn[nH]1)c1ccnn1-c1ccccc1. The van der Waals surface area contributed by atoms with Crippen LogP contribution in [-0.2, 0) is 0 Å². The number of aromatic nitrogens is 5. The van der Waals surface area contributed by atoms with Gasteiger partial charge in [-0.05, 0) is 18.2 Å². The van der Waals surface area contributed by atoms with Gasteiger partial charge in [-0.15, -0.1) is 0 Å². The fraction of sp³-hybridized carbons (Fsp3) is 0.0833. The molecule has 19 heavy (non-hydrogen) atoms. The van der Waals surface area contributed by atoms with Crippen LogP contribution in [0.25, 0.3) is 5.69 Å². The average molecular weight is 255 g/mol. The van der Waals surface area contributed by atoms with Gasteiger partial charge in [-0.3, -0.25) is 10.9 Å². The average Bonchev–Trinajstić information content (AvgIpc) is 3.12. The largest absolute Gasteiger partial charge is 0.270 e. The summed E-state index contributed by atoms with van der Waals surface area (Å²) in [5, 5.41) is 11.0. The molecule has 0 saturated heterocycles. The van der Waals surface area contributed by atoms with E-state index in [4.69, 9.17) is 5.84 Å². The van der Waals surface area contributed by atoms with Crippen molar-refractivity contribution >= 4 is 0 Å². The third-order valence-electron chi connectivity index (χ3n) is 2.84. The quantitative estimate of drug-likeness (QED) is 0.467. The van der Waals surface area contributed by atoms with Gasteiger partial charge in [0.05, 0.1) is 11.4 Å². The van der Waals surface area contributed by atoms with Crippen LogP contribution in [0.1, 0.15) is 17.6 Å². The van der Waals surface area contributed by atoms with Crippen LogP contribution in [0.4, 0.5) is 0 Å². The molecule has 0 fully saturated rings. The molecule has 0 spiro atoms. The maximum atomic E-state index is 5.62. The molecule has 0 saturated carbocycles. The summed E-state index contributed by atoms with van der Waals surface area (Å²) in [6.45, 7) is 0. The summed E-state index contributed by atoms with van der Waals surface area (Å²) in [6, 6.07) is 11.4. The molecule has 0 aliphatic rings. The third kappa shape index (κ3) is 2.12. The van der Waals surface area contributed by atoms with E-state index in [1.165, 1.54) is 6.33 Å². The van der Waals surface area contributed by atoms with Crippen molar-refractivity contribution < 1.29 is 0 Å². The zero-order chi connectivity index (χ0) is 13.1. The van der Waals surface area contributed by atoms with Gasteiger partial charge in [0.15, 0.2) is 0 Å². The normalized spacial score (nSPS) is 12.5. The topological polar surface area (TPSA) is 97.4 Å². The highest BCUT2D eigenvalue weighted by atomic mass is 15.3. The van der Waals surface area contributed by atoms with Gasteiger partial charge < -0.3 is 0 Å². The first kappa shape index (κ1) is 11.6. The lowest BCUT2D eigenvalue weighted by atomic mass is 10.2. The van der Waals surface area contributed by atoms with Crippen molar-refractivity contribution in [2.75, 3.05) is 0 Å². The molecular weight excluding hydrogens is 242 g/mol. The molecule has 1 atom stereocenters. The van der Waals surface area contributed by atoms with E-state index in [1.807, 2.05) is 41.1 Å². The predicted molar refractivity (Wildman–Crippen MR) is 69.1 cm³/mol. The molecule has 0 aliphatic heterocycles. The van der Waals surface area contributed by atoms with Gasteiger partial charge in [0.1, 0.15) is 18.2 Å². The van der Waals surface area contributed by atoms with E-state index in [-0.39, 0.29) is 6.04 Å². The first-order valence-electron chi connectivity index (χ1n) is 5.81. The monoisotopic (exact) mass is 255 g/mol. The summed E-state index contributed by atoms with van der Waals surface area (Å²) in [5.74, 6) is 6.26. The van der Waals surface area contributed by atoms with Gasteiger partial charge in [-0.1, -0.05) is 18.2 Å². The lowest BCUT2D eigenvalue weighted by Crippen LogP contribution is -2.31. The summed E-state index contributed by atoms with van der Waals surface area (Å²) in [7, 11) is 0. The van der Waals surface area contributed by atoms with E-state index in [1.54, 1.807) is 6.20 Å². The smallest absolute Gasteiger partial charge is 0.148 e. The standard InChI is InChI=1S/C12H13N7/c13-17-11(12-14-8-15-18-12)10-6-7-16-19(10)9-4-2-1-3-5-9/h1-8,11,17H,13H2,(H,14,15,18). The number of nitrogens with two attached hydrogens (primary N) is 1. The second kappa shape index (κ2) is 5.01. The first-order valence-corrected chi connectivity index (χ1v) is 5.81. The highest BCUT2D eigenvalue weighted by molar-refractivity contribution is 5.34. The molecule has 1 unspecified atom stereocenters. The number of benzene rings is 1. The van der Waals surface area contributed by atoms with Gasteiger partial charge >= 0.3 is 0 Å². The van der Waals surface area contributed by atoms with Gasteiger partial charge in [0, 0.05) is 6.20 Å². The van der Waals surface area contributed by atoms with Crippen molar-refractivity contribution in [3.05, 3.63) is 60.4 Å². The number of hydrogen-bond donors (Lipinski definition) is 3. The molecule has 7 nitrogen and oxygen atoms in total. The number of nitrogens with one attached hydrogen (secondary N) is 2. The number of aromatic amines is 1. The first-order chi connectivity index (χ1) is 9.40. The number of H-pyrrole nitrogens is 1. The molecule has 4 N–H and O–H groups in total. The van der Waals surface area contributed by atoms with Crippen molar-refractivity contribution in [1.29, 1.82) is 0 Å². The van der Waals surface area contributed by atoms with Gasteiger partial charge in [-0.2, -0.15) is 10.2 Å². The summed E-state index contributed by atoms with van der Waals surface area (Å²) in [6.07, 6.45) is 3.17. The minimum absolute atomic E-state index is 0.301. The Bertz CT molecular complexity index is 629. The molecule has 0 radical (unpaired) electrons. The summed E-state index contributed by atoms with van der Waals surface area (Å²) in [4.78, 5) is 4.13. The predicted octanol–water partition coefficient (Wildman–Crippen LogP) is 0.543. The van der Waals surface area contributed by atoms with Crippen LogP contribution in [-0.4, -0.2) is 25.0 Å². The third-order valence-corrected chi connectivity index (χ3v) is 2.84. The zero-order valence-electron chi connectivity index (χ0n) is 10.1. The second-order valence-corrected chi connectivity index (χ2v) is 3.97. The van der Waals surface area contributed by atoms with Crippen LogP contribution < -0.4 is 11.3 Å². The van der Waals surface area contributed by atoms with E-state index in [9.17, 15) is 0 Å². The molecule has 3 aromatic rings. The number of hydrogen-bond acceptors (Lipinski definition) is 5. The van der Waals surface area contributed by atoms with Crippen LogP contribution >= 0.6 is 0 Å². The molecule has 0 aliphatic carbocycles. The van der Waals surface area contributed by atoms with E-state index >= 15 is 0 Å². The maximum Gasteiger partial charge on any atom is 0.148 e. The van der Waals surface area contributed by atoms with Crippen LogP contribution in [0.3, 0.4) is 0 Å². The van der Waals surface area contributed by atoms with Crippen molar-refractivity contribution in [1.82, 2.24) is 30.4 Å². The van der Waals surface area contributed by atoms with Crippen molar-refractivity contribution in [2.45, 2.75) is 6.04 Å². The number of para-hydroxylation sites is 1. The van der Waals surface area contributed by atoms with Crippen molar-refractivity contribution in [3.63, 3.8) is 0 Å². The molecule has 7 heteroatoms. The minimum Gasteiger partial charge on any atom is -0.270 e. The molecular formula is C12H13N7. The van der Waals surface area contributed by atoms with Crippen LogP contribution in [0, 0.1) is 0 Å². The lowest BCUT2D eigenvalue weighted by Gasteiger charge is -2.15. The van der Waals surface area contributed by atoms with Gasteiger partial charge in [0.2, 0.25) is 0 Å². The van der Waals surface area contributed by atoms with Gasteiger partial charge in [-0.25, -0.2) is 15.1 Å². The maximum absolute atomic E-state index is 5.62. The Balaban J connectivity index is 2.04. The summed E-state index contributed by atoms with van der Waals surface area (Å²) in [5.41, 5.74) is 4.56. The Morgan fingerprint density at radius 1 is 1.21 bits per heavy atom. The molecule has 96 valence electrons. The zero-order valence-corrected chi connectivity index (χ0v) is 10.1. The second-order valence-electron chi connectivity index (χ2n) is 3.97. The molecule has 0 bridgehead atoms. The molecule has 2 aromatic heterocycles. The Labute approximate surface area is 109 Å². The molecule has 1 aromatic carbocycles. The summed E-state index contributed by atoms with van der Waals surface area (Å²) >= 11 is 0. The van der Waals surface area contributed by atoms with Gasteiger partial charge in [0.25, 0.3) is 0 Å². The van der Waals surface area contributed by atoms with Crippen LogP contribution in [0.5, 0.6) is 0 Å². The molecule has 0 amide bonds. The van der Waals surface area contributed by atoms with E-state index in [0.717, 1.165) is 11.4 Å². The minimum atomic E-state index is -0.301. The number of rotatable bonds is 4. The highest BCUT2D eigenvalue weighted by Gasteiger charge is 2.20.